The van der Waals surface area contributed by atoms with Crippen LogP contribution in [0.1, 0.15) is 23.2 Å². The number of fused-ring (bicyclic) bond motifs is 1. The van der Waals surface area contributed by atoms with E-state index in [2.05, 4.69) is 5.32 Å². The van der Waals surface area contributed by atoms with Crippen molar-refractivity contribution in [1.29, 1.82) is 0 Å². The molecule has 1 heterocycles. The number of hydrogen-bond acceptors (Lipinski definition) is 3. The van der Waals surface area contributed by atoms with E-state index < -0.39 is 0 Å². The number of amides is 1. The van der Waals surface area contributed by atoms with Gasteiger partial charge in [-0.25, -0.2) is 0 Å². The molecule has 4 unspecified atom stereocenters. The number of benzene rings is 1. The number of ether oxygens (including phenoxy) is 1. The van der Waals surface area contributed by atoms with E-state index in [1.807, 2.05) is 18.2 Å². The molecule has 4 heteroatoms. The van der Waals surface area contributed by atoms with Crippen molar-refractivity contribution >= 4 is 5.91 Å². The lowest BCUT2D eigenvalue weighted by atomic mass is 9.93. The Balaban J connectivity index is 1.63. The molecule has 1 aliphatic carbocycles. The van der Waals surface area contributed by atoms with Crippen LogP contribution < -0.4 is 5.32 Å². The number of carbonyl (C=O) groups is 1. The average Bonchev–Trinajstić information content (AvgIpc) is 3.15. The van der Waals surface area contributed by atoms with Crippen molar-refractivity contribution in [2.45, 2.75) is 37.2 Å². The molecule has 3 rings (SSSR count). The second-order valence-electron chi connectivity index (χ2n) is 4.66. The molecule has 17 heavy (non-hydrogen) atoms. The first-order chi connectivity index (χ1) is 8.25. The summed E-state index contributed by atoms with van der Waals surface area (Å²) in [6.07, 6.45) is 1.06. The van der Waals surface area contributed by atoms with Gasteiger partial charge in [-0.3, -0.25) is 4.79 Å². The smallest absolute Gasteiger partial charge is 0.251 e. The van der Waals surface area contributed by atoms with E-state index in [1.54, 1.807) is 12.1 Å². The van der Waals surface area contributed by atoms with Crippen LogP contribution in [0, 0.1) is 0 Å². The Hall–Kier alpha value is -1.39. The number of nitrogens with one attached hydrogen (secondary N) is 1. The van der Waals surface area contributed by atoms with E-state index in [1.165, 1.54) is 0 Å². The molecular formula is C13H15NO3. The molecule has 90 valence electrons. The summed E-state index contributed by atoms with van der Waals surface area (Å²) in [6.45, 7) is 0. The Morgan fingerprint density at radius 3 is 2.76 bits per heavy atom. The second kappa shape index (κ2) is 4.13. The maximum Gasteiger partial charge on any atom is 0.251 e. The highest BCUT2D eigenvalue weighted by atomic mass is 16.6. The zero-order valence-corrected chi connectivity index (χ0v) is 9.37. The van der Waals surface area contributed by atoms with Crippen LogP contribution in [0.3, 0.4) is 0 Å². The molecule has 1 aromatic carbocycles. The van der Waals surface area contributed by atoms with Crippen molar-refractivity contribution in [2.75, 3.05) is 0 Å². The van der Waals surface area contributed by atoms with Gasteiger partial charge in [0.15, 0.2) is 0 Å². The molecule has 2 aliphatic rings. The van der Waals surface area contributed by atoms with Gasteiger partial charge in [-0.05, 0) is 25.0 Å². The molecule has 4 atom stereocenters. The Bertz CT molecular complexity index is 420. The van der Waals surface area contributed by atoms with Crippen LogP contribution in [0.15, 0.2) is 30.3 Å². The fourth-order valence-electron chi connectivity index (χ4n) is 2.44. The van der Waals surface area contributed by atoms with Crippen molar-refractivity contribution in [3.8, 4) is 0 Å². The van der Waals surface area contributed by atoms with Crippen molar-refractivity contribution in [2.24, 2.45) is 0 Å². The number of hydrogen-bond donors (Lipinski definition) is 2. The summed E-state index contributed by atoms with van der Waals surface area (Å²) in [4.78, 5) is 11.9. The SMILES string of the molecule is O=C(NC1CCC(O)C2OC12)c1ccccc1. The first-order valence-electron chi connectivity index (χ1n) is 5.95. The summed E-state index contributed by atoms with van der Waals surface area (Å²) in [5.41, 5.74) is 0.663. The topological polar surface area (TPSA) is 61.9 Å². The van der Waals surface area contributed by atoms with Gasteiger partial charge >= 0.3 is 0 Å². The maximum atomic E-state index is 11.9. The van der Waals surface area contributed by atoms with Gasteiger partial charge in [-0.2, -0.15) is 0 Å². The monoisotopic (exact) mass is 233 g/mol. The molecule has 1 aliphatic heterocycles. The van der Waals surface area contributed by atoms with E-state index in [0.29, 0.717) is 12.0 Å². The van der Waals surface area contributed by atoms with E-state index >= 15 is 0 Å². The van der Waals surface area contributed by atoms with Crippen LogP contribution in [0.4, 0.5) is 0 Å². The predicted octanol–water partition coefficient (Wildman–Crippen LogP) is 0.707. The standard InChI is InChI=1S/C13H15NO3/c15-10-7-6-9(11-12(10)17-11)14-13(16)8-4-2-1-3-5-8/h1-5,9-12,15H,6-7H2,(H,14,16). The fourth-order valence-corrected chi connectivity index (χ4v) is 2.44. The van der Waals surface area contributed by atoms with Gasteiger partial charge in [0.2, 0.25) is 0 Å². The maximum absolute atomic E-state index is 11.9. The van der Waals surface area contributed by atoms with Crippen LogP contribution in [-0.2, 0) is 4.74 Å². The van der Waals surface area contributed by atoms with Gasteiger partial charge in [0.25, 0.3) is 5.91 Å². The lowest BCUT2D eigenvalue weighted by Gasteiger charge is -2.22. The summed E-state index contributed by atoms with van der Waals surface area (Å²) in [6, 6.07) is 9.19. The quantitative estimate of drug-likeness (QED) is 0.739. The summed E-state index contributed by atoms with van der Waals surface area (Å²) in [7, 11) is 0. The number of aliphatic hydroxyl groups excluding tert-OH is 1. The summed E-state index contributed by atoms with van der Waals surface area (Å²) < 4.78 is 5.37. The zero-order chi connectivity index (χ0) is 11.8. The largest absolute Gasteiger partial charge is 0.390 e. The molecular weight excluding hydrogens is 218 g/mol. The molecule has 0 aromatic heterocycles. The van der Waals surface area contributed by atoms with Crippen molar-refractivity contribution < 1.29 is 14.6 Å². The van der Waals surface area contributed by atoms with Crippen LogP contribution in [-0.4, -0.2) is 35.4 Å². The third kappa shape index (κ3) is 2.06. The first-order valence-corrected chi connectivity index (χ1v) is 5.95. The van der Waals surface area contributed by atoms with Crippen molar-refractivity contribution in [3.63, 3.8) is 0 Å². The number of rotatable bonds is 2. The highest BCUT2D eigenvalue weighted by molar-refractivity contribution is 5.94. The van der Waals surface area contributed by atoms with Crippen LogP contribution in [0.5, 0.6) is 0 Å². The summed E-state index contributed by atoms with van der Waals surface area (Å²) >= 11 is 0. The molecule has 1 saturated heterocycles. The predicted molar refractivity (Wildman–Crippen MR) is 61.6 cm³/mol. The minimum Gasteiger partial charge on any atom is -0.390 e. The van der Waals surface area contributed by atoms with Gasteiger partial charge in [-0.15, -0.1) is 0 Å². The molecule has 2 N–H and O–H groups in total. The van der Waals surface area contributed by atoms with E-state index in [-0.39, 0.29) is 30.3 Å². The highest BCUT2D eigenvalue weighted by Crippen LogP contribution is 2.36. The normalized spacial score (nSPS) is 34.9. The van der Waals surface area contributed by atoms with Gasteiger partial charge in [0, 0.05) is 5.56 Å². The lowest BCUT2D eigenvalue weighted by Crippen LogP contribution is -2.44. The van der Waals surface area contributed by atoms with Gasteiger partial charge in [0.05, 0.1) is 12.1 Å². The molecule has 0 spiro atoms. The Morgan fingerprint density at radius 1 is 1.24 bits per heavy atom. The van der Waals surface area contributed by atoms with Gasteiger partial charge in [-0.1, -0.05) is 18.2 Å². The van der Waals surface area contributed by atoms with Crippen molar-refractivity contribution in [3.05, 3.63) is 35.9 Å². The third-order valence-electron chi connectivity index (χ3n) is 3.46. The Morgan fingerprint density at radius 2 is 2.00 bits per heavy atom. The first kappa shape index (κ1) is 10.7. The number of carbonyl (C=O) groups excluding carboxylic acids is 1. The molecule has 1 saturated carbocycles. The third-order valence-corrected chi connectivity index (χ3v) is 3.46. The highest BCUT2D eigenvalue weighted by Gasteiger charge is 2.52. The molecule has 0 bridgehead atoms. The van der Waals surface area contributed by atoms with Crippen LogP contribution in [0.25, 0.3) is 0 Å². The van der Waals surface area contributed by atoms with E-state index in [4.69, 9.17) is 4.74 Å². The second-order valence-corrected chi connectivity index (χ2v) is 4.66. The zero-order valence-electron chi connectivity index (χ0n) is 9.37. The summed E-state index contributed by atoms with van der Waals surface area (Å²) in [5, 5.41) is 12.5. The van der Waals surface area contributed by atoms with Crippen molar-refractivity contribution in [1.82, 2.24) is 5.32 Å². The molecule has 0 radical (unpaired) electrons. The molecule has 2 fully saturated rings. The van der Waals surface area contributed by atoms with Gasteiger partial charge < -0.3 is 15.2 Å². The number of aliphatic hydroxyl groups is 1. The lowest BCUT2D eigenvalue weighted by molar-refractivity contribution is 0.0904. The molecule has 1 amide bonds. The number of epoxide rings is 1. The van der Waals surface area contributed by atoms with E-state index in [0.717, 1.165) is 6.42 Å². The summed E-state index contributed by atoms with van der Waals surface area (Å²) in [5.74, 6) is -0.0683. The van der Waals surface area contributed by atoms with Gasteiger partial charge in [0.1, 0.15) is 12.2 Å². The minimum absolute atomic E-state index is 0.00594. The average molecular weight is 233 g/mol. The Labute approximate surface area is 99.6 Å². The minimum atomic E-state index is -0.357. The molecule has 4 nitrogen and oxygen atoms in total. The van der Waals surface area contributed by atoms with Crippen LogP contribution in [0.2, 0.25) is 0 Å². The fraction of sp³-hybridized carbons (Fsp3) is 0.462. The Kier molecular flexibility index (Phi) is 2.61. The van der Waals surface area contributed by atoms with E-state index in [9.17, 15) is 9.90 Å². The molecule has 1 aromatic rings. The van der Waals surface area contributed by atoms with Crippen LogP contribution >= 0.6 is 0 Å².